The lowest BCUT2D eigenvalue weighted by atomic mass is 10.0. The largest absolute Gasteiger partial charge is 0.396 e. The summed E-state index contributed by atoms with van der Waals surface area (Å²) in [5.41, 5.74) is 2.63. The fourth-order valence-electron chi connectivity index (χ4n) is 1.76. The Morgan fingerprint density at radius 1 is 1.07 bits per heavy atom. The van der Waals surface area contributed by atoms with Crippen LogP contribution in [0.4, 0.5) is 5.69 Å². The molecule has 0 aliphatic carbocycles. The number of benzene rings is 1. The van der Waals surface area contributed by atoms with Crippen molar-refractivity contribution in [3.05, 3.63) is 29.8 Å². The third-order valence-corrected chi connectivity index (χ3v) is 2.64. The molecule has 0 unspecified atom stereocenters. The Labute approximate surface area is 92.3 Å². The SMILES string of the molecule is CNc1ccccc1CCCCCCO. The van der Waals surface area contributed by atoms with Crippen LogP contribution in [-0.4, -0.2) is 18.8 Å². The van der Waals surface area contributed by atoms with E-state index in [1.807, 2.05) is 7.05 Å². The summed E-state index contributed by atoms with van der Waals surface area (Å²) in [6.45, 7) is 0.326. The molecule has 1 aromatic carbocycles. The first-order chi connectivity index (χ1) is 7.38. The molecule has 1 aromatic rings. The second kappa shape index (κ2) is 7.30. The summed E-state index contributed by atoms with van der Waals surface area (Å²) in [5, 5.41) is 11.9. The predicted octanol–water partition coefficient (Wildman–Crippen LogP) is 2.82. The van der Waals surface area contributed by atoms with E-state index in [9.17, 15) is 0 Å². The average molecular weight is 207 g/mol. The molecule has 2 heteroatoms. The van der Waals surface area contributed by atoms with Crippen molar-refractivity contribution in [2.24, 2.45) is 0 Å². The fourth-order valence-corrected chi connectivity index (χ4v) is 1.76. The molecule has 2 nitrogen and oxygen atoms in total. The minimum Gasteiger partial charge on any atom is -0.396 e. The number of rotatable bonds is 7. The van der Waals surface area contributed by atoms with Gasteiger partial charge in [-0.25, -0.2) is 0 Å². The number of anilines is 1. The molecule has 0 radical (unpaired) electrons. The molecule has 0 aliphatic heterocycles. The Balaban J connectivity index is 2.30. The van der Waals surface area contributed by atoms with Crippen molar-refractivity contribution >= 4 is 5.69 Å². The lowest BCUT2D eigenvalue weighted by Gasteiger charge is -2.08. The number of aliphatic hydroxyl groups is 1. The normalized spacial score (nSPS) is 10.3. The fraction of sp³-hybridized carbons (Fsp3) is 0.538. The zero-order valence-corrected chi connectivity index (χ0v) is 9.50. The van der Waals surface area contributed by atoms with Crippen molar-refractivity contribution in [2.45, 2.75) is 32.1 Å². The molecular formula is C13H21NO. The number of para-hydroxylation sites is 1. The molecule has 0 heterocycles. The smallest absolute Gasteiger partial charge is 0.0431 e. The van der Waals surface area contributed by atoms with Gasteiger partial charge in [0.2, 0.25) is 0 Å². The summed E-state index contributed by atoms with van der Waals surface area (Å²) in [6.07, 6.45) is 5.62. The van der Waals surface area contributed by atoms with Gasteiger partial charge < -0.3 is 10.4 Å². The number of hydrogen-bond donors (Lipinski definition) is 2. The van der Waals surface area contributed by atoms with E-state index in [1.54, 1.807) is 0 Å². The summed E-state index contributed by atoms with van der Waals surface area (Å²) >= 11 is 0. The van der Waals surface area contributed by atoms with Gasteiger partial charge in [-0.15, -0.1) is 0 Å². The van der Waals surface area contributed by atoms with Gasteiger partial charge in [-0.2, -0.15) is 0 Å². The molecule has 0 atom stereocenters. The van der Waals surface area contributed by atoms with Crippen LogP contribution < -0.4 is 5.32 Å². The summed E-state index contributed by atoms with van der Waals surface area (Å²) in [6, 6.07) is 8.44. The van der Waals surface area contributed by atoms with Crippen LogP contribution in [0.1, 0.15) is 31.2 Å². The Morgan fingerprint density at radius 2 is 1.80 bits per heavy atom. The van der Waals surface area contributed by atoms with Gasteiger partial charge in [0.25, 0.3) is 0 Å². The van der Waals surface area contributed by atoms with Crippen LogP contribution in [0.2, 0.25) is 0 Å². The van der Waals surface area contributed by atoms with Crippen LogP contribution in [0.3, 0.4) is 0 Å². The zero-order chi connectivity index (χ0) is 10.9. The summed E-state index contributed by atoms with van der Waals surface area (Å²) in [5.74, 6) is 0. The molecule has 0 aromatic heterocycles. The summed E-state index contributed by atoms with van der Waals surface area (Å²) in [4.78, 5) is 0. The standard InChI is InChI=1S/C13H21NO/c1-14-13-10-6-5-9-12(13)8-4-2-3-7-11-15/h5-6,9-10,14-15H,2-4,7-8,11H2,1H3. The second-order valence-electron chi connectivity index (χ2n) is 3.79. The zero-order valence-electron chi connectivity index (χ0n) is 9.50. The minimum atomic E-state index is 0.326. The number of hydrogen-bond acceptors (Lipinski definition) is 2. The highest BCUT2D eigenvalue weighted by Crippen LogP contribution is 2.17. The molecule has 0 spiro atoms. The van der Waals surface area contributed by atoms with Gasteiger partial charge in [-0.1, -0.05) is 31.0 Å². The van der Waals surface area contributed by atoms with Crippen LogP contribution in [0.25, 0.3) is 0 Å². The molecule has 0 saturated heterocycles. The first-order valence-corrected chi connectivity index (χ1v) is 5.75. The van der Waals surface area contributed by atoms with E-state index in [2.05, 4.69) is 29.6 Å². The van der Waals surface area contributed by atoms with E-state index in [0.717, 1.165) is 19.3 Å². The molecule has 0 amide bonds. The third-order valence-electron chi connectivity index (χ3n) is 2.64. The lowest BCUT2D eigenvalue weighted by molar-refractivity contribution is 0.282. The van der Waals surface area contributed by atoms with E-state index in [-0.39, 0.29) is 0 Å². The molecule has 84 valence electrons. The van der Waals surface area contributed by atoms with Crippen molar-refractivity contribution < 1.29 is 5.11 Å². The second-order valence-corrected chi connectivity index (χ2v) is 3.79. The molecule has 2 N–H and O–H groups in total. The van der Waals surface area contributed by atoms with Gasteiger partial charge in [0.1, 0.15) is 0 Å². The summed E-state index contributed by atoms with van der Waals surface area (Å²) in [7, 11) is 1.96. The first-order valence-electron chi connectivity index (χ1n) is 5.75. The van der Waals surface area contributed by atoms with Crippen molar-refractivity contribution in [2.75, 3.05) is 19.0 Å². The highest BCUT2D eigenvalue weighted by Gasteiger charge is 1.98. The molecular weight excluding hydrogens is 186 g/mol. The third kappa shape index (κ3) is 4.34. The van der Waals surface area contributed by atoms with Gasteiger partial charge in [-0.05, 0) is 30.9 Å². The Hall–Kier alpha value is -1.02. The minimum absolute atomic E-state index is 0.326. The van der Waals surface area contributed by atoms with Crippen molar-refractivity contribution in [3.63, 3.8) is 0 Å². The summed E-state index contributed by atoms with van der Waals surface area (Å²) < 4.78 is 0. The molecule has 1 rings (SSSR count). The van der Waals surface area contributed by atoms with E-state index in [4.69, 9.17) is 5.11 Å². The van der Waals surface area contributed by atoms with Crippen molar-refractivity contribution in [3.8, 4) is 0 Å². The van der Waals surface area contributed by atoms with Gasteiger partial charge in [0.05, 0.1) is 0 Å². The van der Waals surface area contributed by atoms with Crippen LogP contribution in [0.15, 0.2) is 24.3 Å². The first kappa shape index (κ1) is 12.1. The Morgan fingerprint density at radius 3 is 2.53 bits per heavy atom. The monoisotopic (exact) mass is 207 g/mol. The van der Waals surface area contributed by atoms with Crippen LogP contribution in [-0.2, 0) is 6.42 Å². The maximum absolute atomic E-state index is 8.65. The highest BCUT2D eigenvalue weighted by molar-refractivity contribution is 5.50. The number of nitrogens with one attached hydrogen (secondary N) is 1. The van der Waals surface area contributed by atoms with E-state index in [0.29, 0.717) is 6.61 Å². The molecule has 15 heavy (non-hydrogen) atoms. The van der Waals surface area contributed by atoms with Crippen LogP contribution >= 0.6 is 0 Å². The predicted molar refractivity (Wildman–Crippen MR) is 65.2 cm³/mol. The van der Waals surface area contributed by atoms with Crippen molar-refractivity contribution in [1.29, 1.82) is 0 Å². The van der Waals surface area contributed by atoms with E-state index < -0.39 is 0 Å². The van der Waals surface area contributed by atoms with E-state index >= 15 is 0 Å². The number of aliphatic hydroxyl groups excluding tert-OH is 1. The van der Waals surface area contributed by atoms with E-state index in [1.165, 1.54) is 24.1 Å². The molecule has 0 aliphatic rings. The molecule has 0 fully saturated rings. The molecule has 0 saturated carbocycles. The van der Waals surface area contributed by atoms with Gasteiger partial charge in [0.15, 0.2) is 0 Å². The van der Waals surface area contributed by atoms with Gasteiger partial charge in [0, 0.05) is 19.3 Å². The van der Waals surface area contributed by atoms with Crippen LogP contribution in [0, 0.1) is 0 Å². The topological polar surface area (TPSA) is 32.3 Å². The maximum Gasteiger partial charge on any atom is 0.0431 e. The maximum atomic E-state index is 8.65. The quantitative estimate of drug-likeness (QED) is 0.674. The molecule has 0 bridgehead atoms. The van der Waals surface area contributed by atoms with Gasteiger partial charge in [-0.3, -0.25) is 0 Å². The lowest BCUT2D eigenvalue weighted by Crippen LogP contribution is -1.95. The number of unbranched alkanes of at least 4 members (excludes halogenated alkanes) is 3. The average Bonchev–Trinajstić information content (AvgIpc) is 2.29. The highest BCUT2D eigenvalue weighted by atomic mass is 16.2. The Kier molecular flexibility index (Phi) is 5.86. The van der Waals surface area contributed by atoms with Gasteiger partial charge >= 0.3 is 0 Å². The van der Waals surface area contributed by atoms with Crippen LogP contribution in [0.5, 0.6) is 0 Å². The Bertz CT molecular complexity index is 273. The number of aryl methyl sites for hydroxylation is 1. The van der Waals surface area contributed by atoms with Crippen molar-refractivity contribution in [1.82, 2.24) is 0 Å².